The zero-order valence-corrected chi connectivity index (χ0v) is 8.59. The van der Waals surface area contributed by atoms with Gasteiger partial charge in [-0.15, -0.1) is 0 Å². The van der Waals surface area contributed by atoms with Gasteiger partial charge in [-0.05, 0) is 13.3 Å². The minimum Gasteiger partial charge on any atom is -0.358 e. The van der Waals surface area contributed by atoms with Crippen LogP contribution in [-0.4, -0.2) is 37.5 Å². The Balaban J connectivity index is 2.20. The number of rotatable bonds is 4. The average molecular weight is 199 g/mol. The van der Waals surface area contributed by atoms with E-state index in [1.54, 1.807) is 14.0 Å². The summed E-state index contributed by atoms with van der Waals surface area (Å²) >= 11 is 0. The van der Waals surface area contributed by atoms with E-state index in [-0.39, 0.29) is 23.9 Å². The molecule has 1 rings (SSSR count). The molecule has 2 atom stereocenters. The summed E-state index contributed by atoms with van der Waals surface area (Å²) in [6.07, 6.45) is 1.45. The van der Waals surface area contributed by atoms with E-state index in [9.17, 15) is 9.59 Å². The highest BCUT2D eigenvalue weighted by atomic mass is 16.2. The summed E-state index contributed by atoms with van der Waals surface area (Å²) in [7, 11) is 1.61. The predicted octanol–water partition coefficient (Wildman–Crippen LogP) is -1.01. The molecule has 1 saturated heterocycles. The minimum atomic E-state index is -0.211. The van der Waals surface area contributed by atoms with E-state index in [0.717, 1.165) is 6.42 Å². The Hall–Kier alpha value is -1.10. The Morgan fingerprint density at radius 1 is 1.71 bits per heavy atom. The van der Waals surface area contributed by atoms with Gasteiger partial charge in [-0.3, -0.25) is 9.59 Å². The van der Waals surface area contributed by atoms with Crippen LogP contribution in [0.25, 0.3) is 0 Å². The van der Waals surface area contributed by atoms with Crippen LogP contribution in [0.1, 0.15) is 19.8 Å². The first-order chi connectivity index (χ1) is 6.63. The fourth-order valence-electron chi connectivity index (χ4n) is 1.46. The van der Waals surface area contributed by atoms with E-state index in [2.05, 4.69) is 16.0 Å². The zero-order chi connectivity index (χ0) is 10.6. The molecule has 0 radical (unpaired) electrons. The molecule has 1 heterocycles. The lowest BCUT2D eigenvalue weighted by atomic mass is 10.2. The van der Waals surface area contributed by atoms with E-state index in [1.807, 2.05) is 0 Å². The van der Waals surface area contributed by atoms with E-state index >= 15 is 0 Å². The summed E-state index contributed by atoms with van der Waals surface area (Å²) in [4.78, 5) is 22.0. The smallest absolute Gasteiger partial charge is 0.236 e. The van der Waals surface area contributed by atoms with Crippen molar-refractivity contribution in [2.45, 2.75) is 31.8 Å². The van der Waals surface area contributed by atoms with Crippen molar-refractivity contribution in [2.75, 3.05) is 13.6 Å². The molecule has 80 valence electrons. The number of likely N-dealkylation sites (N-methyl/N-ethyl adjacent to an activating group) is 1. The molecule has 1 fully saturated rings. The van der Waals surface area contributed by atoms with Crippen molar-refractivity contribution in [1.29, 1.82) is 0 Å². The van der Waals surface area contributed by atoms with E-state index in [0.29, 0.717) is 13.0 Å². The standard InChI is InChI=1S/C9H17N3O2/c1-6(9(14)10-2)11-5-7-3-4-8(13)12-7/h6-7,11H,3-5H2,1-2H3,(H,10,14)(H,12,13). The van der Waals surface area contributed by atoms with Crippen LogP contribution in [0.2, 0.25) is 0 Å². The molecule has 0 aromatic rings. The third kappa shape index (κ3) is 2.99. The first-order valence-corrected chi connectivity index (χ1v) is 4.88. The van der Waals surface area contributed by atoms with Crippen molar-refractivity contribution in [2.24, 2.45) is 0 Å². The zero-order valence-electron chi connectivity index (χ0n) is 8.59. The molecule has 2 amide bonds. The van der Waals surface area contributed by atoms with Crippen molar-refractivity contribution in [3.8, 4) is 0 Å². The topological polar surface area (TPSA) is 70.2 Å². The number of nitrogens with one attached hydrogen (secondary N) is 3. The molecule has 14 heavy (non-hydrogen) atoms. The van der Waals surface area contributed by atoms with Crippen molar-refractivity contribution in [3.63, 3.8) is 0 Å². The summed E-state index contributed by atoms with van der Waals surface area (Å²) in [6.45, 7) is 2.45. The SMILES string of the molecule is CNC(=O)C(C)NCC1CCC(=O)N1. The maximum Gasteiger partial charge on any atom is 0.236 e. The normalized spacial score (nSPS) is 23.0. The van der Waals surface area contributed by atoms with E-state index in [1.165, 1.54) is 0 Å². The minimum absolute atomic E-state index is 0.0330. The highest BCUT2D eigenvalue weighted by Crippen LogP contribution is 2.05. The molecule has 3 N–H and O–H groups in total. The van der Waals surface area contributed by atoms with Crippen molar-refractivity contribution < 1.29 is 9.59 Å². The Kier molecular flexibility index (Phi) is 3.88. The Morgan fingerprint density at radius 2 is 2.43 bits per heavy atom. The van der Waals surface area contributed by atoms with Crippen LogP contribution >= 0.6 is 0 Å². The lowest BCUT2D eigenvalue weighted by Crippen LogP contribution is -2.45. The second-order valence-electron chi connectivity index (χ2n) is 3.55. The van der Waals surface area contributed by atoms with Gasteiger partial charge < -0.3 is 16.0 Å². The first kappa shape index (κ1) is 11.0. The molecular formula is C9H17N3O2. The number of carbonyl (C=O) groups is 2. The third-order valence-electron chi connectivity index (χ3n) is 2.40. The molecule has 0 spiro atoms. The second-order valence-corrected chi connectivity index (χ2v) is 3.55. The van der Waals surface area contributed by atoms with Crippen LogP contribution in [0.3, 0.4) is 0 Å². The maximum absolute atomic E-state index is 11.1. The van der Waals surface area contributed by atoms with Gasteiger partial charge in [0.2, 0.25) is 11.8 Å². The van der Waals surface area contributed by atoms with Crippen molar-refractivity contribution in [3.05, 3.63) is 0 Å². The van der Waals surface area contributed by atoms with Crippen LogP contribution in [0, 0.1) is 0 Å². The molecule has 0 aromatic carbocycles. The molecule has 0 aliphatic carbocycles. The van der Waals surface area contributed by atoms with E-state index < -0.39 is 0 Å². The van der Waals surface area contributed by atoms with Crippen molar-refractivity contribution >= 4 is 11.8 Å². The first-order valence-electron chi connectivity index (χ1n) is 4.88. The van der Waals surface area contributed by atoms with Crippen LogP contribution in [0.5, 0.6) is 0 Å². The van der Waals surface area contributed by atoms with Gasteiger partial charge in [0.25, 0.3) is 0 Å². The van der Waals surface area contributed by atoms with Crippen molar-refractivity contribution in [1.82, 2.24) is 16.0 Å². The molecule has 0 aromatic heterocycles. The fraction of sp³-hybridized carbons (Fsp3) is 0.778. The third-order valence-corrected chi connectivity index (χ3v) is 2.40. The molecule has 1 aliphatic rings. The molecule has 0 bridgehead atoms. The lowest BCUT2D eigenvalue weighted by Gasteiger charge is -2.15. The van der Waals surface area contributed by atoms with Gasteiger partial charge in [0.05, 0.1) is 6.04 Å². The van der Waals surface area contributed by atoms with Crippen LogP contribution in [0.4, 0.5) is 0 Å². The van der Waals surface area contributed by atoms with Crippen LogP contribution < -0.4 is 16.0 Å². The molecular weight excluding hydrogens is 182 g/mol. The van der Waals surface area contributed by atoms with Gasteiger partial charge in [0.15, 0.2) is 0 Å². The quantitative estimate of drug-likeness (QED) is 0.543. The van der Waals surface area contributed by atoms with Gasteiger partial charge in [-0.1, -0.05) is 0 Å². The number of amides is 2. The lowest BCUT2D eigenvalue weighted by molar-refractivity contribution is -0.122. The highest BCUT2D eigenvalue weighted by molar-refractivity contribution is 5.81. The Bertz CT molecular complexity index is 230. The molecule has 5 heteroatoms. The predicted molar refractivity (Wildman–Crippen MR) is 52.7 cm³/mol. The average Bonchev–Trinajstić information content (AvgIpc) is 2.59. The summed E-state index contributed by atoms with van der Waals surface area (Å²) < 4.78 is 0. The Morgan fingerprint density at radius 3 is 2.93 bits per heavy atom. The van der Waals surface area contributed by atoms with E-state index in [4.69, 9.17) is 0 Å². The Labute approximate surface area is 83.6 Å². The summed E-state index contributed by atoms with van der Waals surface area (Å²) in [6, 6.07) is -0.0351. The fourth-order valence-corrected chi connectivity index (χ4v) is 1.46. The maximum atomic E-state index is 11.1. The largest absolute Gasteiger partial charge is 0.358 e. The van der Waals surface area contributed by atoms with Gasteiger partial charge in [-0.25, -0.2) is 0 Å². The summed E-state index contributed by atoms with van der Waals surface area (Å²) in [5.74, 6) is 0.0683. The second kappa shape index (κ2) is 4.95. The number of hydrogen-bond acceptors (Lipinski definition) is 3. The van der Waals surface area contributed by atoms with Gasteiger partial charge >= 0.3 is 0 Å². The van der Waals surface area contributed by atoms with Gasteiger partial charge in [0.1, 0.15) is 0 Å². The summed E-state index contributed by atoms with van der Waals surface area (Å²) in [5.41, 5.74) is 0. The van der Waals surface area contributed by atoms with Gasteiger partial charge in [0, 0.05) is 26.1 Å². The molecule has 0 saturated carbocycles. The van der Waals surface area contributed by atoms with Crippen LogP contribution in [-0.2, 0) is 9.59 Å². The number of hydrogen-bond donors (Lipinski definition) is 3. The molecule has 1 aliphatic heterocycles. The molecule has 2 unspecified atom stereocenters. The summed E-state index contributed by atoms with van der Waals surface area (Å²) in [5, 5.41) is 8.46. The monoisotopic (exact) mass is 199 g/mol. The molecule has 5 nitrogen and oxygen atoms in total. The van der Waals surface area contributed by atoms with Gasteiger partial charge in [-0.2, -0.15) is 0 Å². The highest BCUT2D eigenvalue weighted by Gasteiger charge is 2.21. The van der Waals surface area contributed by atoms with Crippen LogP contribution in [0.15, 0.2) is 0 Å². The number of carbonyl (C=O) groups excluding carboxylic acids is 2.